The van der Waals surface area contributed by atoms with Crippen LogP contribution in [0, 0.1) is 10.1 Å². The van der Waals surface area contributed by atoms with Crippen LogP contribution >= 0.6 is 0 Å². The lowest BCUT2D eigenvalue weighted by Crippen LogP contribution is -1.93. The van der Waals surface area contributed by atoms with E-state index in [9.17, 15) is 10.1 Å². The molecule has 0 spiro atoms. The van der Waals surface area contributed by atoms with Crippen LogP contribution in [0.1, 0.15) is 0 Å². The average molecular weight is 349 g/mol. The van der Waals surface area contributed by atoms with E-state index in [0.717, 1.165) is 44.1 Å². The molecule has 0 N–H and O–H groups in total. The fourth-order valence-corrected chi connectivity index (χ4v) is 4.08. The van der Waals surface area contributed by atoms with Crippen LogP contribution in [-0.2, 0) is 0 Å². The van der Waals surface area contributed by atoms with Crippen molar-refractivity contribution in [2.75, 3.05) is 0 Å². The number of fused-ring (bicyclic) bond motifs is 6. The third kappa shape index (κ3) is 1.83. The Balaban J connectivity index is 1.79. The minimum Gasteiger partial charge on any atom is -0.258 e. The maximum atomic E-state index is 11.1. The molecule has 0 atom stereocenters. The molecule has 0 saturated heterocycles. The number of nitro benzene ring substituents is 1. The van der Waals surface area contributed by atoms with E-state index in [1.54, 1.807) is 6.07 Å². The largest absolute Gasteiger partial charge is 0.271 e. The fraction of sp³-hybridized carbons (Fsp3) is 0. The van der Waals surface area contributed by atoms with E-state index in [0.29, 0.717) is 11.0 Å². The molecule has 1 heterocycles. The molecule has 0 unspecified atom stereocenters. The van der Waals surface area contributed by atoms with Crippen LogP contribution in [0.2, 0.25) is 0 Å². The predicted octanol–water partition coefficient (Wildman–Crippen LogP) is 5.49. The van der Waals surface area contributed by atoms with Gasteiger partial charge in [-0.1, -0.05) is 42.5 Å². The third-order valence-electron chi connectivity index (χ3n) is 5.24. The van der Waals surface area contributed by atoms with Crippen molar-refractivity contribution in [1.82, 2.24) is 9.97 Å². The quantitative estimate of drug-likeness (QED) is 0.223. The number of non-ortho nitro benzene ring substituents is 1. The zero-order valence-electron chi connectivity index (χ0n) is 14.0. The highest BCUT2D eigenvalue weighted by Gasteiger charge is 2.27. The van der Waals surface area contributed by atoms with Gasteiger partial charge in [-0.3, -0.25) is 10.1 Å². The van der Waals surface area contributed by atoms with Crippen LogP contribution in [0.4, 0.5) is 5.69 Å². The molecule has 1 aromatic heterocycles. The van der Waals surface area contributed by atoms with Gasteiger partial charge in [0.1, 0.15) is 0 Å². The van der Waals surface area contributed by atoms with Gasteiger partial charge >= 0.3 is 0 Å². The van der Waals surface area contributed by atoms with Crippen molar-refractivity contribution in [3.63, 3.8) is 0 Å². The number of nitro groups is 1. The first-order valence-corrected chi connectivity index (χ1v) is 8.62. The number of hydrogen-bond donors (Lipinski definition) is 0. The van der Waals surface area contributed by atoms with Gasteiger partial charge in [-0.25, -0.2) is 9.97 Å². The van der Waals surface area contributed by atoms with E-state index >= 15 is 0 Å². The summed E-state index contributed by atoms with van der Waals surface area (Å²) in [5.41, 5.74) is 4.99. The molecule has 6 rings (SSSR count). The molecular formula is C22H11N3O2. The van der Waals surface area contributed by atoms with Crippen molar-refractivity contribution in [3.05, 3.63) is 76.8 Å². The van der Waals surface area contributed by atoms with Gasteiger partial charge in [0.25, 0.3) is 5.69 Å². The molecule has 126 valence electrons. The predicted molar refractivity (Wildman–Crippen MR) is 106 cm³/mol. The van der Waals surface area contributed by atoms with Gasteiger partial charge in [0, 0.05) is 28.6 Å². The van der Waals surface area contributed by atoms with Crippen LogP contribution in [0.5, 0.6) is 0 Å². The first kappa shape index (κ1) is 14.3. The summed E-state index contributed by atoms with van der Waals surface area (Å²) in [5.74, 6) is 0. The Morgan fingerprint density at radius 1 is 0.778 bits per heavy atom. The van der Waals surface area contributed by atoms with Crippen LogP contribution in [0.15, 0.2) is 66.7 Å². The van der Waals surface area contributed by atoms with Crippen molar-refractivity contribution >= 4 is 38.3 Å². The summed E-state index contributed by atoms with van der Waals surface area (Å²) in [6.45, 7) is 0. The van der Waals surface area contributed by atoms with Gasteiger partial charge in [-0.15, -0.1) is 0 Å². The van der Waals surface area contributed by atoms with Crippen molar-refractivity contribution in [3.8, 4) is 22.5 Å². The van der Waals surface area contributed by atoms with Crippen molar-refractivity contribution in [2.45, 2.75) is 0 Å². The lowest BCUT2D eigenvalue weighted by atomic mass is 9.97. The molecule has 4 aromatic carbocycles. The number of rotatable bonds is 1. The zero-order chi connectivity index (χ0) is 18.1. The first-order chi connectivity index (χ1) is 13.2. The highest BCUT2D eigenvalue weighted by Crippen LogP contribution is 2.49. The third-order valence-corrected chi connectivity index (χ3v) is 5.24. The molecule has 1 aliphatic carbocycles. The number of nitrogens with zero attached hydrogens (tertiary/aromatic N) is 3. The minimum atomic E-state index is -0.405. The van der Waals surface area contributed by atoms with Crippen LogP contribution in [-0.4, -0.2) is 14.9 Å². The molecule has 0 fully saturated rings. The lowest BCUT2D eigenvalue weighted by molar-refractivity contribution is -0.384. The summed E-state index contributed by atoms with van der Waals surface area (Å²) in [7, 11) is 0. The topological polar surface area (TPSA) is 68.9 Å². The Labute approximate surface area is 153 Å². The summed E-state index contributed by atoms with van der Waals surface area (Å²) in [6.07, 6.45) is 0. The van der Waals surface area contributed by atoms with Gasteiger partial charge in [0.2, 0.25) is 0 Å². The molecule has 5 aromatic rings. The smallest absolute Gasteiger partial charge is 0.258 e. The van der Waals surface area contributed by atoms with E-state index in [2.05, 4.69) is 24.3 Å². The molecule has 5 heteroatoms. The Bertz CT molecular complexity index is 1460. The Hall–Kier alpha value is -3.86. The first-order valence-electron chi connectivity index (χ1n) is 8.62. The van der Waals surface area contributed by atoms with E-state index < -0.39 is 4.92 Å². The summed E-state index contributed by atoms with van der Waals surface area (Å²) in [6, 6.07) is 21.3. The van der Waals surface area contributed by atoms with E-state index in [1.165, 1.54) is 12.1 Å². The second kappa shape index (κ2) is 4.86. The average Bonchev–Trinajstić information content (AvgIpc) is 3.01. The highest BCUT2D eigenvalue weighted by atomic mass is 16.6. The van der Waals surface area contributed by atoms with E-state index in [4.69, 9.17) is 9.97 Å². The normalized spacial score (nSPS) is 12.0. The van der Waals surface area contributed by atoms with Gasteiger partial charge in [0.15, 0.2) is 0 Å². The molecule has 0 saturated carbocycles. The summed E-state index contributed by atoms with van der Waals surface area (Å²) in [4.78, 5) is 20.3. The molecule has 0 bridgehead atoms. The minimum absolute atomic E-state index is 0.0240. The Kier molecular flexibility index (Phi) is 2.58. The second-order valence-electron chi connectivity index (χ2n) is 6.73. The fourth-order valence-electron chi connectivity index (χ4n) is 4.08. The lowest BCUT2D eigenvalue weighted by Gasteiger charge is -2.07. The number of hydrogen-bond acceptors (Lipinski definition) is 4. The molecule has 27 heavy (non-hydrogen) atoms. The molecule has 0 radical (unpaired) electrons. The molecule has 0 amide bonds. The van der Waals surface area contributed by atoms with Crippen LogP contribution in [0.3, 0.4) is 0 Å². The van der Waals surface area contributed by atoms with Gasteiger partial charge in [-0.05, 0) is 28.3 Å². The second-order valence-corrected chi connectivity index (χ2v) is 6.73. The van der Waals surface area contributed by atoms with Crippen LogP contribution < -0.4 is 0 Å². The summed E-state index contributed by atoms with van der Waals surface area (Å²) < 4.78 is 0. The van der Waals surface area contributed by atoms with E-state index in [1.807, 2.05) is 24.3 Å². The summed E-state index contributed by atoms with van der Waals surface area (Å²) in [5, 5.41) is 15.7. The van der Waals surface area contributed by atoms with Crippen molar-refractivity contribution < 1.29 is 4.92 Å². The molecule has 0 aliphatic heterocycles. The molecule has 1 aliphatic rings. The van der Waals surface area contributed by atoms with Crippen molar-refractivity contribution in [1.29, 1.82) is 0 Å². The van der Waals surface area contributed by atoms with Gasteiger partial charge < -0.3 is 0 Å². The Morgan fingerprint density at radius 2 is 1.59 bits per heavy atom. The maximum Gasteiger partial charge on any atom is 0.271 e. The van der Waals surface area contributed by atoms with Gasteiger partial charge in [0.05, 0.1) is 27.3 Å². The summed E-state index contributed by atoms with van der Waals surface area (Å²) >= 11 is 0. The Morgan fingerprint density at radius 3 is 2.48 bits per heavy atom. The monoisotopic (exact) mass is 349 g/mol. The van der Waals surface area contributed by atoms with Crippen molar-refractivity contribution in [2.24, 2.45) is 0 Å². The molecular weight excluding hydrogens is 338 g/mol. The highest BCUT2D eigenvalue weighted by molar-refractivity contribution is 6.22. The van der Waals surface area contributed by atoms with Crippen LogP contribution in [0.25, 0.3) is 55.1 Å². The SMILES string of the molecule is O=[N+]([O-])c1ccc2nc3c(nc2c1)-c1cccc2cc4ccccc4c-3c12. The van der Waals surface area contributed by atoms with Gasteiger partial charge in [-0.2, -0.15) is 0 Å². The standard InChI is InChI=1S/C22H11N3O2/c26-25(27)14-8-9-17-18(11-14)24-21-16-7-3-5-13-10-12-4-1-2-6-15(12)20(19(13)16)22(21)23-17/h1-11H. The number of benzene rings is 4. The maximum absolute atomic E-state index is 11.1. The zero-order valence-corrected chi connectivity index (χ0v) is 14.0. The molecule has 5 nitrogen and oxygen atoms in total. The number of aromatic nitrogens is 2. The van der Waals surface area contributed by atoms with E-state index in [-0.39, 0.29) is 5.69 Å².